The van der Waals surface area contributed by atoms with Gasteiger partial charge in [0.2, 0.25) is 15.9 Å². The SMILES string of the molecule is O=C(O)[C@H]1[C@@H]2CC[C@H](C2)[C@@H]1C(=O)N1CCN(S(=O)(=O)c2ccc(F)cc2)CC1. The minimum Gasteiger partial charge on any atom is -0.481 e. The van der Waals surface area contributed by atoms with Crippen LogP contribution in [0, 0.1) is 29.5 Å². The molecule has 7 nitrogen and oxygen atoms in total. The molecule has 1 aromatic rings. The average Bonchev–Trinajstić information content (AvgIpc) is 3.29. The van der Waals surface area contributed by atoms with Gasteiger partial charge in [-0.1, -0.05) is 0 Å². The third kappa shape index (κ3) is 3.20. The van der Waals surface area contributed by atoms with Gasteiger partial charge in [0.15, 0.2) is 0 Å². The number of amides is 1. The maximum atomic E-state index is 13.1. The van der Waals surface area contributed by atoms with Crippen LogP contribution >= 0.6 is 0 Å². The number of fused-ring (bicyclic) bond motifs is 2. The first kappa shape index (κ1) is 19.3. The normalized spacial score (nSPS) is 30.5. The second-order valence-corrected chi connectivity index (χ2v) is 9.84. The molecule has 1 aromatic carbocycles. The van der Waals surface area contributed by atoms with Gasteiger partial charge in [0, 0.05) is 26.2 Å². The Labute approximate surface area is 163 Å². The Morgan fingerprint density at radius 3 is 2.11 bits per heavy atom. The second kappa shape index (κ2) is 7.11. The fourth-order valence-electron chi connectivity index (χ4n) is 5.12. The van der Waals surface area contributed by atoms with E-state index in [4.69, 9.17) is 0 Å². The summed E-state index contributed by atoms with van der Waals surface area (Å²) in [4.78, 5) is 26.3. The number of hydrogen-bond acceptors (Lipinski definition) is 4. The molecule has 1 saturated heterocycles. The van der Waals surface area contributed by atoms with Gasteiger partial charge < -0.3 is 10.0 Å². The quantitative estimate of drug-likeness (QED) is 0.810. The van der Waals surface area contributed by atoms with Crippen LogP contribution in [0.1, 0.15) is 19.3 Å². The van der Waals surface area contributed by atoms with Crippen molar-refractivity contribution in [2.45, 2.75) is 24.2 Å². The zero-order valence-corrected chi connectivity index (χ0v) is 16.1. The van der Waals surface area contributed by atoms with Crippen LogP contribution in [-0.2, 0) is 19.6 Å². The number of piperazine rings is 1. The highest BCUT2D eigenvalue weighted by molar-refractivity contribution is 7.89. The summed E-state index contributed by atoms with van der Waals surface area (Å²) in [5.74, 6) is -2.46. The summed E-state index contributed by atoms with van der Waals surface area (Å²) in [5, 5.41) is 9.56. The molecule has 0 unspecified atom stereocenters. The summed E-state index contributed by atoms with van der Waals surface area (Å²) < 4.78 is 39.8. The maximum absolute atomic E-state index is 13.1. The molecule has 3 fully saturated rings. The zero-order chi connectivity index (χ0) is 20.1. The predicted molar refractivity (Wildman–Crippen MR) is 97.2 cm³/mol. The molecular formula is C19H23FN2O5S. The number of benzene rings is 1. The van der Waals surface area contributed by atoms with Gasteiger partial charge in [0.1, 0.15) is 5.82 Å². The van der Waals surface area contributed by atoms with Crippen molar-refractivity contribution in [1.82, 2.24) is 9.21 Å². The van der Waals surface area contributed by atoms with Crippen LogP contribution in [0.15, 0.2) is 29.2 Å². The standard InChI is InChI=1S/C19H23FN2O5S/c20-14-3-5-15(6-4-14)28(26,27)22-9-7-21(8-10-22)18(23)16-12-1-2-13(11-12)17(16)19(24)25/h3-6,12-13,16-17H,1-2,7-11H2,(H,24,25)/t12-,13-,16+,17+/m1/s1. The number of nitrogens with zero attached hydrogens (tertiary/aromatic N) is 2. The molecule has 0 aromatic heterocycles. The number of hydrogen-bond donors (Lipinski definition) is 1. The third-order valence-electron chi connectivity index (χ3n) is 6.49. The molecule has 4 atom stereocenters. The van der Waals surface area contributed by atoms with Gasteiger partial charge in [-0.15, -0.1) is 0 Å². The van der Waals surface area contributed by atoms with Crippen molar-refractivity contribution in [2.75, 3.05) is 26.2 Å². The van der Waals surface area contributed by atoms with Gasteiger partial charge in [0.05, 0.1) is 16.7 Å². The van der Waals surface area contributed by atoms with E-state index in [0.717, 1.165) is 31.4 Å². The molecule has 1 heterocycles. The Morgan fingerprint density at radius 2 is 1.54 bits per heavy atom. The monoisotopic (exact) mass is 410 g/mol. The molecule has 2 saturated carbocycles. The molecule has 0 radical (unpaired) electrons. The van der Waals surface area contributed by atoms with Crippen LogP contribution in [0.25, 0.3) is 0 Å². The summed E-state index contributed by atoms with van der Waals surface area (Å²) in [5.41, 5.74) is 0. The van der Waals surface area contributed by atoms with Gasteiger partial charge in [-0.25, -0.2) is 12.8 Å². The molecule has 1 N–H and O–H groups in total. The van der Waals surface area contributed by atoms with E-state index in [1.165, 1.54) is 16.4 Å². The lowest BCUT2D eigenvalue weighted by molar-refractivity contribution is -0.153. The maximum Gasteiger partial charge on any atom is 0.307 e. The van der Waals surface area contributed by atoms with Crippen molar-refractivity contribution in [3.63, 3.8) is 0 Å². The summed E-state index contributed by atoms with van der Waals surface area (Å²) in [6.45, 7) is 0.757. The Kier molecular flexibility index (Phi) is 4.91. The lowest BCUT2D eigenvalue weighted by Crippen LogP contribution is -2.53. The number of rotatable bonds is 4. The molecular weight excluding hydrogens is 387 g/mol. The smallest absolute Gasteiger partial charge is 0.307 e. The number of aliphatic carboxylic acids is 1. The highest BCUT2D eigenvalue weighted by Crippen LogP contribution is 2.53. The largest absolute Gasteiger partial charge is 0.481 e. The lowest BCUT2D eigenvalue weighted by Gasteiger charge is -2.37. The molecule has 0 spiro atoms. The Hall–Kier alpha value is -2.00. The van der Waals surface area contributed by atoms with Crippen molar-refractivity contribution in [3.8, 4) is 0 Å². The van der Waals surface area contributed by atoms with E-state index >= 15 is 0 Å². The molecule has 4 rings (SSSR count). The van der Waals surface area contributed by atoms with Gasteiger partial charge in [-0.05, 0) is 55.4 Å². The van der Waals surface area contributed by atoms with Crippen molar-refractivity contribution in [1.29, 1.82) is 0 Å². The van der Waals surface area contributed by atoms with Crippen LogP contribution in [0.4, 0.5) is 4.39 Å². The molecule has 2 aliphatic carbocycles. The first-order valence-electron chi connectivity index (χ1n) is 9.56. The van der Waals surface area contributed by atoms with Crippen LogP contribution in [0.2, 0.25) is 0 Å². The van der Waals surface area contributed by atoms with Gasteiger partial charge >= 0.3 is 5.97 Å². The topological polar surface area (TPSA) is 95.0 Å². The van der Waals surface area contributed by atoms with Gasteiger partial charge in [-0.3, -0.25) is 9.59 Å². The fraction of sp³-hybridized carbons (Fsp3) is 0.579. The number of carbonyl (C=O) groups excluding carboxylic acids is 1. The second-order valence-electron chi connectivity index (χ2n) is 7.91. The summed E-state index contributed by atoms with van der Waals surface area (Å²) in [7, 11) is -3.74. The van der Waals surface area contributed by atoms with E-state index in [2.05, 4.69) is 0 Å². The highest BCUT2D eigenvalue weighted by atomic mass is 32.2. The van der Waals surface area contributed by atoms with Crippen molar-refractivity contribution in [2.24, 2.45) is 23.7 Å². The lowest BCUT2D eigenvalue weighted by atomic mass is 9.78. The molecule has 2 bridgehead atoms. The number of halogens is 1. The zero-order valence-electron chi connectivity index (χ0n) is 15.3. The highest BCUT2D eigenvalue weighted by Gasteiger charge is 2.55. The third-order valence-corrected chi connectivity index (χ3v) is 8.40. The molecule has 152 valence electrons. The Morgan fingerprint density at radius 1 is 0.964 bits per heavy atom. The van der Waals surface area contributed by atoms with E-state index in [1.54, 1.807) is 4.90 Å². The molecule has 1 amide bonds. The van der Waals surface area contributed by atoms with Crippen LogP contribution < -0.4 is 0 Å². The van der Waals surface area contributed by atoms with E-state index in [9.17, 15) is 27.5 Å². The minimum absolute atomic E-state index is 0.0210. The van der Waals surface area contributed by atoms with Gasteiger partial charge in [-0.2, -0.15) is 4.31 Å². The molecule has 3 aliphatic rings. The average molecular weight is 410 g/mol. The number of sulfonamides is 1. The molecule has 1 aliphatic heterocycles. The first-order valence-corrected chi connectivity index (χ1v) is 11.0. The summed E-state index contributed by atoms with van der Waals surface area (Å²) >= 11 is 0. The van der Waals surface area contributed by atoms with Crippen LogP contribution in [-0.4, -0.2) is 60.8 Å². The Bertz CT molecular complexity index is 880. The number of carboxylic acids is 1. The van der Waals surface area contributed by atoms with Crippen LogP contribution in [0.3, 0.4) is 0 Å². The summed E-state index contributed by atoms with van der Waals surface area (Å²) in [6, 6.07) is 4.67. The number of carboxylic acid groups (broad SMARTS) is 1. The Balaban J connectivity index is 1.43. The van der Waals surface area contributed by atoms with Gasteiger partial charge in [0.25, 0.3) is 0 Å². The van der Waals surface area contributed by atoms with Crippen LogP contribution in [0.5, 0.6) is 0 Å². The summed E-state index contributed by atoms with van der Waals surface area (Å²) in [6.07, 6.45) is 2.56. The van der Waals surface area contributed by atoms with Crippen molar-refractivity contribution in [3.05, 3.63) is 30.1 Å². The molecule has 9 heteroatoms. The number of carbonyl (C=O) groups is 2. The van der Waals surface area contributed by atoms with E-state index < -0.39 is 33.6 Å². The predicted octanol–water partition coefficient (Wildman–Crippen LogP) is 1.41. The van der Waals surface area contributed by atoms with E-state index in [1.807, 2.05) is 0 Å². The van der Waals surface area contributed by atoms with E-state index in [0.29, 0.717) is 0 Å². The van der Waals surface area contributed by atoms with Crippen molar-refractivity contribution < 1.29 is 27.5 Å². The minimum atomic E-state index is -3.74. The first-order chi connectivity index (χ1) is 13.3. The fourth-order valence-corrected chi connectivity index (χ4v) is 6.54. The molecule has 28 heavy (non-hydrogen) atoms. The van der Waals surface area contributed by atoms with Crippen molar-refractivity contribution >= 4 is 21.9 Å². The van der Waals surface area contributed by atoms with E-state index in [-0.39, 0.29) is 48.8 Å².